The summed E-state index contributed by atoms with van der Waals surface area (Å²) < 4.78 is 5.82. The molecule has 2 heteroatoms. The van der Waals surface area contributed by atoms with Gasteiger partial charge in [0.05, 0.1) is 6.61 Å². The Balaban J connectivity index is 1.14. The van der Waals surface area contributed by atoms with Gasteiger partial charge in [0.1, 0.15) is 0 Å². The van der Waals surface area contributed by atoms with Crippen LogP contribution in [0.5, 0.6) is 0 Å². The lowest BCUT2D eigenvalue weighted by Crippen LogP contribution is -2.27. The highest BCUT2D eigenvalue weighted by molar-refractivity contribution is 6.64. The lowest BCUT2D eigenvalue weighted by Gasteiger charge is -2.32. The molecule has 5 aliphatic rings. The highest BCUT2D eigenvalue weighted by atomic mass is 16.5. The summed E-state index contributed by atoms with van der Waals surface area (Å²) in [4.78, 5) is 13.4. The molecule has 0 radical (unpaired) electrons. The van der Waals surface area contributed by atoms with Crippen LogP contribution in [-0.2, 0) is 25.8 Å². The molecule has 0 heterocycles. The number of hydrogen-bond donors (Lipinski definition) is 0. The molecular formula is C55H30O2. The van der Waals surface area contributed by atoms with E-state index < -0.39 is 0 Å². The highest BCUT2D eigenvalue weighted by Crippen LogP contribution is 2.92. The monoisotopic (exact) mass is 722 g/mol. The summed E-state index contributed by atoms with van der Waals surface area (Å²) in [6.07, 6.45) is 9.24. The van der Waals surface area contributed by atoms with Crippen LogP contribution in [0.2, 0.25) is 0 Å². The van der Waals surface area contributed by atoms with Crippen LogP contribution < -0.4 is 10.4 Å². The summed E-state index contributed by atoms with van der Waals surface area (Å²) in [6, 6.07) is 31.5. The van der Waals surface area contributed by atoms with Crippen molar-refractivity contribution in [1.82, 2.24) is 0 Å². The van der Waals surface area contributed by atoms with Crippen molar-refractivity contribution in [2.24, 2.45) is 0 Å². The van der Waals surface area contributed by atoms with Crippen LogP contribution in [0, 0.1) is 0 Å². The minimum atomic E-state index is -0.279. The fourth-order valence-electron chi connectivity index (χ4n) is 16.4. The predicted molar refractivity (Wildman–Crippen MR) is 235 cm³/mol. The summed E-state index contributed by atoms with van der Waals surface area (Å²) in [5, 5.41) is 35.8. The third-order valence-corrected chi connectivity index (χ3v) is 17.5. The normalized spacial score (nSPS) is 24.1. The minimum absolute atomic E-state index is 0.0503. The van der Waals surface area contributed by atoms with Crippen molar-refractivity contribution in [3.8, 4) is 0 Å². The van der Waals surface area contributed by atoms with Gasteiger partial charge in [0.2, 0.25) is 0 Å². The lowest BCUT2D eigenvalue weighted by molar-refractivity contribution is -0.143. The van der Waals surface area contributed by atoms with Gasteiger partial charge in [-0.1, -0.05) is 104 Å². The number of carbonyl (C=O) groups excluding carboxylic acids is 1. The average molecular weight is 723 g/mol. The Bertz CT molecular complexity index is 4020. The van der Waals surface area contributed by atoms with E-state index in [2.05, 4.69) is 97.9 Å². The molecule has 262 valence electrons. The van der Waals surface area contributed by atoms with E-state index >= 15 is 0 Å². The van der Waals surface area contributed by atoms with Gasteiger partial charge in [0.25, 0.3) is 0 Å². The number of esters is 1. The molecule has 13 aromatic carbocycles. The van der Waals surface area contributed by atoms with Gasteiger partial charge in [0.15, 0.2) is 0 Å². The topological polar surface area (TPSA) is 26.3 Å². The number of rotatable bonds is 8. The van der Waals surface area contributed by atoms with Crippen molar-refractivity contribution in [3.63, 3.8) is 0 Å². The smallest absolute Gasteiger partial charge is 0.305 e. The number of unbranched alkanes of at least 4 members (excludes halogenated alkanes) is 1. The van der Waals surface area contributed by atoms with Crippen molar-refractivity contribution in [1.29, 1.82) is 0 Å². The Morgan fingerprint density at radius 2 is 0.930 bits per heavy atom. The Hall–Kier alpha value is -6.25. The third kappa shape index (κ3) is 2.08. The van der Waals surface area contributed by atoms with Crippen LogP contribution >= 0.6 is 0 Å². The number of carbonyl (C=O) groups is 1. The van der Waals surface area contributed by atoms with Crippen molar-refractivity contribution < 1.29 is 9.53 Å². The molecule has 0 amide bonds. The zero-order chi connectivity index (χ0) is 36.4. The molecule has 2 atom stereocenters. The maximum Gasteiger partial charge on any atom is 0.305 e. The van der Waals surface area contributed by atoms with Gasteiger partial charge in [-0.2, -0.15) is 0 Å². The number of ether oxygens (including phenoxy) is 1. The number of hydrogen-bond acceptors (Lipinski definition) is 2. The summed E-state index contributed by atoms with van der Waals surface area (Å²) in [6.45, 7) is 2.67. The first-order valence-electron chi connectivity index (χ1n) is 21.3. The van der Waals surface area contributed by atoms with Crippen LogP contribution in [-0.4, -0.2) is 12.6 Å². The van der Waals surface area contributed by atoms with Crippen LogP contribution in [0.25, 0.3) is 130 Å². The van der Waals surface area contributed by atoms with Gasteiger partial charge in [-0.15, -0.1) is 0 Å². The molecule has 5 aliphatic carbocycles. The SMILES string of the molecule is CCCCOC(=O)CCCC1(c2ccccc2)C23C4=c5ccc6c7ccc8c9ccc%10c%11ccc%12c%13c(c%14c%15c2c5c6c2c7c8c5c9c%10c(c%13%11)c%14c5c%152)C13C=%12C=C4. The van der Waals surface area contributed by atoms with Crippen LogP contribution in [0.3, 0.4) is 0 Å². The zero-order valence-corrected chi connectivity index (χ0v) is 31.2. The van der Waals surface area contributed by atoms with Gasteiger partial charge in [-0.3, -0.25) is 4.79 Å². The highest BCUT2D eigenvalue weighted by Gasteiger charge is 2.93. The summed E-state index contributed by atoms with van der Waals surface area (Å²) >= 11 is 0. The molecule has 2 unspecified atom stereocenters. The van der Waals surface area contributed by atoms with Crippen LogP contribution in [0.15, 0.2) is 91.0 Å². The van der Waals surface area contributed by atoms with Crippen molar-refractivity contribution in [3.05, 3.63) is 118 Å². The minimum Gasteiger partial charge on any atom is -0.466 e. The maximum atomic E-state index is 13.4. The van der Waals surface area contributed by atoms with Gasteiger partial charge in [-0.05, 0) is 176 Å². The zero-order valence-electron chi connectivity index (χ0n) is 31.2. The Labute approximate surface area is 323 Å². The van der Waals surface area contributed by atoms with Crippen molar-refractivity contribution in [2.45, 2.75) is 55.3 Å². The van der Waals surface area contributed by atoms with Crippen molar-refractivity contribution in [2.75, 3.05) is 6.61 Å². The lowest BCUT2D eigenvalue weighted by atomic mass is 9.68. The second-order valence-electron chi connectivity index (χ2n) is 18.8. The van der Waals surface area contributed by atoms with E-state index in [-0.39, 0.29) is 22.2 Å². The molecule has 13 aromatic rings. The standard InChI is InChI=1S/C55H30O2/c1-2-3-22-57-34(56)10-7-21-53(23-8-5-4-6-9-23)54-32-19-20-33-31-18-16-29-27-14-12-25-24-11-13-26-28-15-17-30(32)41-39(28)44-37(26)35(24)43-36(25)38(27)45-40(29)42(31)52(55(33,53)54)50-48(45)46(43)47(44)49(50)51(41)54/h4-6,8-9,11-20H,2-3,7,10,21-22H2,1H3. The van der Waals surface area contributed by atoms with Gasteiger partial charge in [0, 0.05) is 22.7 Å². The summed E-state index contributed by atoms with van der Waals surface area (Å²) in [7, 11) is 0. The van der Waals surface area contributed by atoms with E-state index in [9.17, 15) is 4.79 Å². The molecule has 0 bridgehead atoms. The number of allylic oxidation sites excluding steroid dienone is 2. The molecule has 0 aromatic heterocycles. The largest absolute Gasteiger partial charge is 0.466 e. The van der Waals surface area contributed by atoms with E-state index in [4.69, 9.17) is 4.74 Å². The molecule has 0 saturated heterocycles. The molecule has 0 aliphatic heterocycles. The quantitative estimate of drug-likeness (QED) is 0.0887. The number of benzene rings is 9. The molecule has 18 rings (SSSR count). The van der Waals surface area contributed by atoms with Crippen molar-refractivity contribution >= 4 is 136 Å². The fraction of sp³-hybridized carbons (Fsp3) is 0.182. The molecule has 1 saturated carbocycles. The van der Waals surface area contributed by atoms with Gasteiger partial charge in [-0.25, -0.2) is 0 Å². The summed E-state index contributed by atoms with van der Waals surface area (Å²) in [5.41, 5.74) is 6.83. The second kappa shape index (κ2) is 7.72. The van der Waals surface area contributed by atoms with E-state index in [0.29, 0.717) is 13.0 Å². The first-order chi connectivity index (χ1) is 28.2. The third-order valence-electron chi connectivity index (χ3n) is 17.5. The van der Waals surface area contributed by atoms with E-state index in [0.717, 1.165) is 25.7 Å². The van der Waals surface area contributed by atoms with E-state index in [1.54, 1.807) is 38.1 Å². The van der Waals surface area contributed by atoms with E-state index in [1.165, 1.54) is 119 Å². The molecule has 2 nitrogen and oxygen atoms in total. The maximum absolute atomic E-state index is 13.4. The van der Waals surface area contributed by atoms with Crippen LogP contribution in [0.1, 0.15) is 55.7 Å². The molecule has 57 heavy (non-hydrogen) atoms. The Morgan fingerprint density at radius 3 is 1.42 bits per heavy atom. The molecular weight excluding hydrogens is 693 g/mol. The van der Waals surface area contributed by atoms with Gasteiger partial charge >= 0.3 is 5.97 Å². The van der Waals surface area contributed by atoms with Crippen LogP contribution in [0.4, 0.5) is 0 Å². The number of fused-ring (bicyclic) bond motifs is 3. The van der Waals surface area contributed by atoms with Gasteiger partial charge < -0.3 is 4.74 Å². The molecule has 2 spiro atoms. The average Bonchev–Trinajstić information content (AvgIpc) is 3.89. The van der Waals surface area contributed by atoms with E-state index in [1.807, 2.05) is 0 Å². The first kappa shape index (κ1) is 27.4. The Morgan fingerprint density at radius 1 is 0.491 bits per heavy atom. The summed E-state index contributed by atoms with van der Waals surface area (Å²) in [5.74, 6) is -0.0503. The molecule has 0 N–H and O–H groups in total. The fourth-order valence-corrected chi connectivity index (χ4v) is 16.4. The molecule has 1 fully saturated rings. The Kier molecular flexibility index (Phi) is 3.71. The predicted octanol–water partition coefficient (Wildman–Crippen LogP) is 11.7. The second-order valence-corrected chi connectivity index (χ2v) is 18.8. The first-order valence-corrected chi connectivity index (χ1v) is 21.3.